The Bertz CT molecular complexity index is 1480. The number of methoxy groups -OCH3 is 2. The monoisotopic (exact) mass is 528 g/mol. The van der Waals surface area contributed by atoms with E-state index < -0.39 is 15.6 Å². The smallest absolute Gasteiger partial charge is 0.211 e. The van der Waals surface area contributed by atoms with Crippen molar-refractivity contribution in [3.8, 4) is 11.5 Å². The molecule has 0 saturated heterocycles. The van der Waals surface area contributed by atoms with E-state index in [-0.39, 0.29) is 25.4 Å². The summed E-state index contributed by atoms with van der Waals surface area (Å²) >= 11 is 6.91. The number of nitrogens with one attached hydrogen (secondary N) is 1. The lowest BCUT2D eigenvalue weighted by Gasteiger charge is -2.12. The van der Waals surface area contributed by atoms with Gasteiger partial charge >= 0.3 is 0 Å². The average molecular weight is 529 g/mol. The van der Waals surface area contributed by atoms with Crippen molar-refractivity contribution in [2.75, 3.05) is 25.3 Å². The van der Waals surface area contributed by atoms with E-state index in [1.165, 1.54) is 26.4 Å². The molecule has 0 aliphatic carbocycles. The molecular weight excluding hydrogens is 508 g/mol. The minimum atomic E-state index is -4.11. The summed E-state index contributed by atoms with van der Waals surface area (Å²) in [4.78, 5) is 13.2. The molecule has 180 valence electrons. The van der Waals surface area contributed by atoms with Gasteiger partial charge < -0.3 is 20.5 Å². The second-order valence-electron chi connectivity index (χ2n) is 7.34. The molecule has 1 heterocycles. The first kappa shape index (κ1) is 24.6. The van der Waals surface area contributed by atoms with Crippen LogP contribution < -0.4 is 20.5 Å². The zero-order valence-corrected chi connectivity index (χ0v) is 21.1. The quantitative estimate of drug-likeness (QED) is 0.278. The van der Waals surface area contributed by atoms with Crippen LogP contribution in [0.15, 0.2) is 82.6 Å². The van der Waals surface area contributed by atoms with Crippen molar-refractivity contribution in [1.82, 2.24) is 0 Å². The van der Waals surface area contributed by atoms with Gasteiger partial charge in [0.2, 0.25) is 15.6 Å². The number of thiophene rings is 1. The van der Waals surface area contributed by atoms with Gasteiger partial charge in [-0.15, -0.1) is 11.3 Å². The molecular formula is C25H21ClN2O5S2. The maximum Gasteiger partial charge on any atom is 0.211 e. The summed E-state index contributed by atoms with van der Waals surface area (Å²) in [6.45, 7) is 0. The number of anilines is 3. The maximum absolute atomic E-state index is 13.7. The molecule has 0 aliphatic rings. The number of rotatable bonds is 8. The predicted molar refractivity (Wildman–Crippen MR) is 138 cm³/mol. The molecule has 0 spiro atoms. The number of carbonyl (C=O) groups excluding carboxylic acids is 1. The van der Waals surface area contributed by atoms with Crippen LogP contribution in [0.3, 0.4) is 0 Å². The van der Waals surface area contributed by atoms with E-state index in [2.05, 4.69) is 5.32 Å². The van der Waals surface area contributed by atoms with Crippen LogP contribution >= 0.6 is 22.9 Å². The number of hydrogen-bond donors (Lipinski definition) is 2. The number of ketones is 1. The van der Waals surface area contributed by atoms with Crippen molar-refractivity contribution in [2.24, 2.45) is 0 Å². The van der Waals surface area contributed by atoms with E-state index in [9.17, 15) is 13.2 Å². The highest BCUT2D eigenvalue weighted by Gasteiger charge is 2.32. The number of benzene rings is 3. The first-order valence-corrected chi connectivity index (χ1v) is 13.0. The summed E-state index contributed by atoms with van der Waals surface area (Å²) in [5.74, 6) is 0.592. The first-order valence-electron chi connectivity index (χ1n) is 10.3. The van der Waals surface area contributed by atoms with E-state index in [4.69, 9.17) is 26.8 Å². The van der Waals surface area contributed by atoms with Crippen LogP contribution in [0.1, 0.15) is 15.2 Å². The van der Waals surface area contributed by atoms with Gasteiger partial charge in [0, 0.05) is 10.6 Å². The molecule has 4 rings (SSSR count). The van der Waals surface area contributed by atoms with Crippen molar-refractivity contribution in [3.63, 3.8) is 0 Å². The van der Waals surface area contributed by atoms with Gasteiger partial charge in [0.1, 0.15) is 26.3 Å². The molecule has 0 saturated carbocycles. The standard InChI is InChI=1S/C25H21ClN2O5S2/c1-32-17-11-13-18(14-12-17)35(30,31)24-21(27)23(22(29)15-7-9-16(26)10-8-15)34-25(24)28-19-5-3-4-6-20(19)33-2/h3-14,28H,27H2,1-2H3. The van der Waals surface area contributed by atoms with Gasteiger partial charge in [0.15, 0.2) is 0 Å². The molecule has 35 heavy (non-hydrogen) atoms. The van der Waals surface area contributed by atoms with Crippen molar-refractivity contribution in [3.05, 3.63) is 88.3 Å². The molecule has 3 N–H and O–H groups in total. The predicted octanol–water partition coefficient (Wildman–Crippen LogP) is 5.81. The Labute approximate surface area is 212 Å². The Balaban J connectivity index is 1.88. The molecule has 0 bridgehead atoms. The third-order valence-electron chi connectivity index (χ3n) is 5.21. The Kier molecular flexibility index (Phi) is 7.02. The molecule has 10 heteroatoms. The lowest BCUT2D eigenvalue weighted by molar-refractivity contribution is 0.104. The fraction of sp³-hybridized carbons (Fsp3) is 0.0800. The summed E-state index contributed by atoms with van der Waals surface area (Å²) in [7, 11) is -1.12. The van der Waals surface area contributed by atoms with Gasteiger partial charge in [0.25, 0.3) is 0 Å². The molecule has 0 atom stereocenters. The van der Waals surface area contributed by atoms with E-state index in [1.807, 2.05) is 0 Å². The Morgan fingerprint density at radius 2 is 1.60 bits per heavy atom. The molecule has 0 aliphatic heterocycles. The van der Waals surface area contributed by atoms with Crippen molar-refractivity contribution >= 4 is 54.9 Å². The lowest BCUT2D eigenvalue weighted by Crippen LogP contribution is -2.08. The van der Waals surface area contributed by atoms with Crippen molar-refractivity contribution in [1.29, 1.82) is 0 Å². The van der Waals surface area contributed by atoms with Crippen LogP contribution in [0, 0.1) is 0 Å². The summed E-state index contributed by atoms with van der Waals surface area (Å²) < 4.78 is 38.0. The molecule has 0 fully saturated rings. The second-order valence-corrected chi connectivity index (χ2v) is 10.7. The molecule has 0 amide bonds. The van der Waals surface area contributed by atoms with Gasteiger partial charge in [-0.1, -0.05) is 23.7 Å². The number of nitrogens with two attached hydrogens (primary N) is 1. The largest absolute Gasteiger partial charge is 0.497 e. The highest BCUT2D eigenvalue weighted by molar-refractivity contribution is 7.92. The van der Waals surface area contributed by atoms with Gasteiger partial charge in [-0.2, -0.15) is 0 Å². The molecule has 0 radical (unpaired) electrons. The number of carbonyl (C=O) groups is 1. The molecule has 3 aromatic carbocycles. The van der Waals surface area contributed by atoms with Gasteiger partial charge in [-0.05, 0) is 60.7 Å². The topological polar surface area (TPSA) is 108 Å². The minimum absolute atomic E-state index is 0.0105. The lowest BCUT2D eigenvalue weighted by atomic mass is 10.1. The van der Waals surface area contributed by atoms with Gasteiger partial charge in [0.05, 0.1) is 30.5 Å². The first-order chi connectivity index (χ1) is 16.8. The number of nitrogen functional groups attached to an aromatic ring is 1. The van der Waals surface area contributed by atoms with Crippen LogP contribution in [-0.4, -0.2) is 28.4 Å². The molecule has 1 aromatic heterocycles. The number of sulfone groups is 1. The minimum Gasteiger partial charge on any atom is -0.497 e. The van der Waals surface area contributed by atoms with Crippen LogP contribution in [0.4, 0.5) is 16.4 Å². The Morgan fingerprint density at radius 3 is 2.23 bits per heavy atom. The Morgan fingerprint density at radius 1 is 0.943 bits per heavy atom. The van der Waals surface area contributed by atoms with Gasteiger partial charge in [-0.25, -0.2) is 8.42 Å². The van der Waals surface area contributed by atoms with Crippen molar-refractivity contribution in [2.45, 2.75) is 9.79 Å². The van der Waals surface area contributed by atoms with E-state index in [1.54, 1.807) is 60.7 Å². The molecule has 0 unspecified atom stereocenters. The van der Waals surface area contributed by atoms with Crippen LogP contribution in [0.25, 0.3) is 0 Å². The number of ether oxygens (including phenoxy) is 2. The fourth-order valence-electron chi connectivity index (χ4n) is 3.42. The average Bonchev–Trinajstić information content (AvgIpc) is 3.20. The van der Waals surface area contributed by atoms with Crippen LogP contribution in [-0.2, 0) is 9.84 Å². The van der Waals surface area contributed by atoms with Gasteiger partial charge in [-0.3, -0.25) is 4.79 Å². The van der Waals surface area contributed by atoms with Crippen molar-refractivity contribution < 1.29 is 22.7 Å². The van der Waals surface area contributed by atoms with E-state index in [0.29, 0.717) is 27.8 Å². The highest BCUT2D eigenvalue weighted by Crippen LogP contribution is 2.45. The normalized spacial score (nSPS) is 11.2. The summed E-state index contributed by atoms with van der Waals surface area (Å²) in [5.41, 5.74) is 7.08. The zero-order chi connectivity index (χ0) is 25.2. The maximum atomic E-state index is 13.7. The fourth-order valence-corrected chi connectivity index (χ4v) is 6.47. The highest BCUT2D eigenvalue weighted by atomic mass is 35.5. The van der Waals surface area contributed by atoms with E-state index in [0.717, 1.165) is 11.3 Å². The number of halogens is 1. The molecule has 4 aromatic rings. The summed E-state index contributed by atoms with van der Waals surface area (Å²) in [5, 5.41) is 3.77. The number of para-hydroxylation sites is 2. The SMILES string of the molecule is COc1ccc(S(=O)(=O)c2c(Nc3ccccc3OC)sc(C(=O)c3ccc(Cl)cc3)c2N)cc1. The summed E-state index contributed by atoms with van der Waals surface area (Å²) in [6.07, 6.45) is 0. The second kappa shape index (κ2) is 9.99. The third kappa shape index (κ3) is 4.84. The van der Waals surface area contributed by atoms with E-state index >= 15 is 0 Å². The number of hydrogen-bond acceptors (Lipinski definition) is 8. The van der Waals surface area contributed by atoms with Crippen LogP contribution in [0.2, 0.25) is 5.02 Å². The molecule has 7 nitrogen and oxygen atoms in total. The Hall–Kier alpha value is -3.53. The zero-order valence-electron chi connectivity index (χ0n) is 18.7. The van der Waals surface area contributed by atoms with Crippen LogP contribution in [0.5, 0.6) is 11.5 Å². The summed E-state index contributed by atoms with van der Waals surface area (Å²) in [6, 6.07) is 19.3. The third-order valence-corrected chi connectivity index (χ3v) is 8.56.